The van der Waals surface area contributed by atoms with E-state index < -0.39 is 0 Å². The maximum atomic E-state index is 4.34. The summed E-state index contributed by atoms with van der Waals surface area (Å²) in [5.41, 5.74) is 2.52. The Balaban J connectivity index is 1.58. The van der Waals surface area contributed by atoms with Gasteiger partial charge in [-0.15, -0.1) is 0 Å². The number of nitrogens with one attached hydrogen (secondary N) is 1. The van der Waals surface area contributed by atoms with Crippen LogP contribution >= 0.6 is 0 Å². The standard InChI is InChI=1S/C19H29N5/c1-16(15-23-12-10-22(3)11-13-23)21-14-18-6-4-5-7-19(18)24-9-8-20-17(24)2/h4-9,16,21H,10-15H2,1-3H3/t16-/m1/s1. The number of benzene rings is 1. The fourth-order valence-electron chi connectivity index (χ4n) is 3.29. The number of para-hydroxylation sites is 1. The van der Waals surface area contributed by atoms with E-state index in [1.807, 2.05) is 19.3 Å². The molecule has 0 unspecified atom stereocenters. The van der Waals surface area contributed by atoms with Crippen LogP contribution in [0.2, 0.25) is 0 Å². The molecular formula is C19H29N5. The van der Waals surface area contributed by atoms with Gasteiger partial charge in [0.2, 0.25) is 0 Å². The van der Waals surface area contributed by atoms with Gasteiger partial charge in [0.05, 0.1) is 5.69 Å². The molecule has 1 atom stereocenters. The summed E-state index contributed by atoms with van der Waals surface area (Å²) in [4.78, 5) is 9.30. The Morgan fingerprint density at radius 3 is 2.62 bits per heavy atom. The summed E-state index contributed by atoms with van der Waals surface area (Å²) < 4.78 is 2.15. The molecule has 1 fully saturated rings. The fourth-order valence-corrected chi connectivity index (χ4v) is 3.29. The second kappa shape index (κ2) is 7.92. The van der Waals surface area contributed by atoms with Crippen molar-refractivity contribution in [2.75, 3.05) is 39.8 Å². The molecule has 0 bridgehead atoms. The highest BCUT2D eigenvalue weighted by molar-refractivity contribution is 5.41. The molecule has 2 heterocycles. The lowest BCUT2D eigenvalue weighted by atomic mass is 10.1. The molecule has 1 aromatic heterocycles. The van der Waals surface area contributed by atoms with Crippen LogP contribution in [0.4, 0.5) is 0 Å². The van der Waals surface area contributed by atoms with E-state index in [4.69, 9.17) is 0 Å². The third kappa shape index (κ3) is 4.23. The molecule has 130 valence electrons. The molecule has 0 radical (unpaired) electrons. The van der Waals surface area contributed by atoms with E-state index in [1.165, 1.54) is 37.4 Å². The van der Waals surface area contributed by atoms with Crippen LogP contribution < -0.4 is 5.32 Å². The first-order valence-corrected chi connectivity index (χ1v) is 8.86. The van der Waals surface area contributed by atoms with Gasteiger partial charge >= 0.3 is 0 Å². The van der Waals surface area contributed by atoms with Gasteiger partial charge in [-0.2, -0.15) is 0 Å². The Hall–Kier alpha value is -1.69. The van der Waals surface area contributed by atoms with Gasteiger partial charge in [-0.3, -0.25) is 4.90 Å². The number of nitrogens with zero attached hydrogens (tertiary/aromatic N) is 4. The van der Waals surface area contributed by atoms with Gasteiger partial charge in [0.1, 0.15) is 5.82 Å². The third-order valence-corrected chi connectivity index (χ3v) is 4.85. The number of piperazine rings is 1. The average molecular weight is 327 g/mol. The average Bonchev–Trinajstić information content (AvgIpc) is 3.01. The lowest BCUT2D eigenvalue weighted by molar-refractivity contribution is 0.144. The topological polar surface area (TPSA) is 36.3 Å². The molecule has 0 aliphatic carbocycles. The lowest BCUT2D eigenvalue weighted by Crippen LogP contribution is -2.48. The summed E-state index contributed by atoms with van der Waals surface area (Å²) >= 11 is 0. The second-order valence-electron chi connectivity index (χ2n) is 6.86. The highest BCUT2D eigenvalue weighted by atomic mass is 15.3. The first-order valence-electron chi connectivity index (χ1n) is 8.86. The highest BCUT2D eigenvalue weighted by Crippen LogP contribution is 2.16. The number of hydrogen-bond acceptors (Lipinski definition) is 4. The van der Waals surface area contributed by atoms with Crippen molar-refractivity contribution in [1.82, 2.24) is 24.7 Å². The van der Waals surface area contributed by atoms with Crippen LogP contribution in [-0.4, -0.2) is 65.2 Å². The van der Waals surface area contributed by atoms with Crippen LogP contribution in [0.15, 0.2) is 36.7 Å². The number of likely N-dealkylation sites (N-methyl/N-ethyl adjacent to an activating group) is 1. The Morgan fingerprint density at radius 2 is 1.92 bits per heavy atom. The number of aromatic nitrogens is 2. The van der Waals surface area contributed by atoms with Gasteiger partial charge in [-0.05, 0) is 32.5 Å². The highest BCUT2D eigenvalue weighted by Gasteiger charge is 2.16. The normalized spacial score (nSPS) is 18.0. The molecule has 3 rings (SSSR count). The Morgan fingerprint density at radius 1 is 1.17 bits per heavy atom. The summed E-state index contributed by atoms with van der Waals surface area (Å²) in [6.07, 6.45) is 3.89. The van der Waals surface area contributed by atoms with Crippen molar-refractivity contribution >= 4 is 0 Å². The van der Waals surface area contributed by atoms with Crippen LogP contribution in [0.1, 0.15) is 18.3 Å². The van der Waals surface area contributed by atoms with E-state index in [-0.39, 0.29) is 0 Å². The van der Waals surface area contributed by atoms with Gasteiger partial charge < -0.3 is 14.8 Å². The molecule has 1 N–H and O–H groups in total. The van der Waals surface area contributed by atoms with E-state index >= 15 is 0 Å². The van der Waals surface area contributed by atoms with Crippen LogP contribution in [0.25, 0.3) is 5.69 Å². The monoisotopic (exact) mass is 327 g/mol. The number of hydrogen-bond donors (Lipinski definition) is 1. The molecule has 1 aliphatic heterocycles. The number of rotatable bonds is 6. The number of aryl methyl sites for hydroxylation is 1. The molecule has 24 heavy (non-hydrogen) atoms. The minimum Gasteiger partial charge on any atom is -0.309 e. The van der Waals surface area contributed by atoms with Crippen LogP contribution in [0, 0.1) is 6.92 Å². The third-order valence-electron chi connectivity index (χ3n) is 4.85. The summed E-state index contributed by atoms with van der Waals surface area (Å²) in [5.74, 6) is 1.02. The molecule has 5 heteroatoms. The number of imidazole rings is 1. The van der Waals surface area contributed by atoms with Crippen molar-refractivity contribution in [1.29, 1.82) is 0 Å². The molecule has 1 aromatic carbocycles. The van der Waals surface area contributed by atoms with Crippen molar-refractivity contribution in [2.45, 2.75) is 26.4 Å². The van der Waals surface area contributed by atoms with Gasteiger partial charge in [0.25, 0.3) is 0 Å². The Kier molecular flexibility index (Phi) is 5.66. The van der Waals surface area contributed by atoms with E-state index in [0.717, 1.165) is 18.9 Å². The molecular weight excluding hydrogens is 298 g/mol. The molecule has 1 aliphatic rings. The molecule has 2 aromatic rings. The van der Waals surface area contributed by atoms with Crippen LogP contribution in [0.5, 0.6) is 0 Å². The minimum absolute atomic E-state index is 0.477. The van der Waals surface area contributed by atoms with Gasteiger partial charge in [-0.25, -0.2) is 4.98 Å². The molecule has 1 saturated heterocycles. The van der Waals surface area contributed by atoms with Crippen molar-refractivity contribution in [3.8, 4) is 5.69 Å². The van der Waals surface area contributed by atoms with E-state index in [1.54, 1.807) is 0 Å². The summed E-state index contributed by atoms with van der Waals surface area (Å²) in [6.45, 7) is 11.0. The lowest BCUT2D eigenvalue weighted by Gasteiger charge is -2.34. The molecule has 0 spiro atoms. The largest absolute Gasteiger partial charge is 0.309 e. The fraction of sp³-hybridized carbons (Fsp3) is 0.526. The molecule has 5 nitrogen and oxygen atoms in total. The zero-order valence-electron chi connectivity index (χ0n) is 15.1. The van der Waals surface area contributed by atoms with Gasteiger partial charge in [0.15, 0.2) is 0 Å². The van der Waals surface area contributed by atoms with Crippen molar-refractivity contribution in [3.05, 3.63) is 48.0 Å². The zero-order valence-corrected chi connectivity index (χ0v) is 15.1. The maximum absolute atomic E-state index is 4.34. The first-order chi connectivity index (χ1) is 11.6. The smallest absolute Gasteiger partial charge is 0.110 e. The minimum atomic E-state index is 0.477. The first kappa shape index (κ1) is 17.1. The van der Waals surface area contributed by atoms with Crippen LogP contribution in [-0.2, 0) is 6.54 Å². The van der Waals surface area contributed by atoms with Crippen LogP contribution in [0.3, 0.4) is 0 Å². The predicted molar refractivity (Wildman–Crippen MR) is 98.5 cm³/mol. The Bertz CT molecular complexity index is 643. The van der Waals surface area contributed by atoms with Crippen molar-refractivity contribution in [2.24, 2.45) is 0 Å². The van der Waals surface area contributed by atoms with E-state index in [9.17, 15) is 0 Å². The van der Waals surface area contributed by atoms with Gasteiger partial charge in [-0.1, -0.05) is 18.2 Å². The predicted octanol–water partition coefficient (Wildman–Crippen LogP) is 1.91. The molecule has 0 amide bonds. The van der Waals surface area contributed by atoms with Crippen molar-refractivity contribution in [3.63, 3.8) is 0 Å². The zero-order chi connectivity index (χ0) is 16.9. The maximum Gasteiger partial charge on any atom is 0.110 e. The van der Waals surface area contributed by atoms with Gasteiger partial charge in [0, 0.05) is 57.7 Å². The van der Waals surface area contributed by atoms with E-state index in [2.05, 4.69) is 62.9 Å². The summed E-state index contributed by atoms with van der Waals surface area (Å²) in [6, 6.07) is 9.04. The summed E-state index contributed by atoms with van der Waals surface area (Å²) in [7, 11) is 2.20. The van der Waals surface area contributed by atoms with Crippen molar-refractivity contribution < 1.29 is 0 Å². The van der Waals surface area contributed by atoms with E-state index in [0.29, 0.717) is 6.04 Å². The Labute approximate surface area is 145 Å². The quantitative estimate of drug-likeness (QED) is 0.879. The SMILES string of the molecule is Cc1nccn1-c1ccccc1CN[C@H](C)CN1CCN(C)CC1. The second-order valence-corrected chi connectivity index (χ2v) is 6.86. The summed E-state index contributed by atoms with van der Waals surface area (Å²) in [5, 5.41) is 3.69. The molecule has 0 saturated carbocycles.